The van der Waals surface area contributed by atoms with Gasteiger partial charge >= 0.3 is 6.03 Å². The predicted octanol–water partition coefficient (Wildman–Crippen LogP) is 5.52. The Kier molecular flexibility index (Phi) is 5.89. The van der Waals surface area contributed by atoms with E-state index in [-0.39, 0.29) is 6.03 Å². The van der Waals surface area contributed by atoms with Gasteiger partial charge in [0.05, 0.1) is 13.1 Å². The minimum Gasteiger partial charge on any atom is -0.307 e. The van der Waals surface area contributed by atoms with Crippen molar-refractivity contribution < 1.29 is 4.79 Å². The Morgan fingerprint density at radius 1 is 1.28 bits per heavy atom. The summed E-state index contributed by atoms with van der Waals surface area (Å²) in [6.45, 7) is 3.14. The molecule has 1 atom stereocenters. The van der Waals surface area contributed by atoms with Crippen LogP contribution >= 0.6 is 35.0 Å². The molecule has 2 aromatic carbocycles. The van der Waals surface area contributed by atoms with Crippen molar-refractivity contribution in [1.29, 1.82) is 0 Å². The molecule has 0 spiro atoms. The van der Waals surface area contributed by atoms with Gasteiger partial charge in [0.15, 0.2) is 5.17 Å². The van der Waals surface area contributed by atoms with E-state index in [1.807, 2.05) is 24.3 Å². The summed E-state index contributed by atoms with van der Waals surface area (Å²) in [6, 6.07) is 14.3. The van der Waals surface area contributed by atoms with Gasteiger partial charge in [0, 0.05) is 21.0 Å². The number of carbonyl (C=O) groups excluding carboxylic acids is 1. The Bertz CT molecular complexity index is 812. The lowest BCUT2D eigenvalue weighted by atomic mass is 10.2. The molecule has 0 radical (unpaired) electrons. The third-order valence-electron chi connectivity index (χ3n) is 3.63. The Morgan fingerprint density at radius 2 is 2.08 bits per heavy atom. The largest absolute Gasteiger partial charge is 0.328 e. The van der Waals surface area contributed by atoms with Crippen molar-refractivity contribution >= 4 is 51.8 Å². The monoisotopic (exact) mass is 393 g/mol. The lowest BCUT2D eigenvalue weighted by molar-refractivity contribution is 0.233. The summed E-state index contributed by atoms with van der Waals surface area (Å²) in [6.07, 6.45) is 0. The van der Waals surface area contributed by atoms with Gasteiger partial charge in [0.2, 0.25) is 0 Å². The first kappa shape index (κ1) is 18.1. The van der Waals surface area contributed by atoms with Crippen molar-refractivity contribution in [2.45, 2.75) is 18.7 Å². The van der Waals surface area contributed by atoms with Crippen LogP contribution in [0.2, 0.25) is 10.0 Å². The smallest absolute Gasteiger partial charge is 0.307 e. The number of nitrogens with one attached hydrogen (secondary N) is 1. The van der Waals surface area contributed by atoms with Crippen molar-refractivity contribution in [1.82, 2.24) is 4.90 Å². The molecule has 0 aromatic heterocycles. The predicted molar refractivity (Wildman–Crippen MR) is 107 cm³/mol. The highest BCUT2D eigenvalue weighted by atomic mass is 35.5. The standard InChI is InChI=1S/C18H17Cl2N3OS/c1-12-10-21-18(25-12)23(11-13-5-2-3-8-16(13)20)17(24)22-15-7-4-6-14(19)9-15/h2-9,12H,10-11H2,1H3,(H,22,24)/t12-/m0/s1. The van der Waals surface area contributed by atoms with E-state index in [0.717, 1.165) is 5.56 Å². The molecule has 0 bridgehead atoms. The number of amides is 2. The maximum Gasteiger partial charge on any atom is 0.328 e. The van der Waals surface area contributed by atoms with Gasteiger partial charge in [-0.3, -0.25) is 9.89 Å². The molecular formula is C18H17Cl2N3OS. The van der Waals surface area contributed by atoms with Crippen LogP contribution in [0.3, 0.4) is 0 Å². The first-order chi connectivity index (χ1) is 12.0. The normalized spacial score (nSPS) is 16.4. The Morgan fingerprint density at radius 3 is 2.76 bits per heavy atom. The lowest BCUT2D eigenvalue weighted by Gasteiger charge is -2.23. The van der Waals surface area contributed by atoms with E-state index in [0.29, 0.717) is 39.2 Å². The number of hydrogen-bond donors (Lipinski definition) is 1. The van der Waals surface area contributed by atoms with Crippen LogP contribution in [0.4, 0.5) is 10.5 Å². The first-order valence-electron chi connectivity index (χ1n) is 7.81. The number of hydrogen-bond acceptors (Lipinski definition) is 3. The van der Waals surface area contributed by atoms with E-state index < -0.39 is 0 Å². The van der Waals surface area contributed by atoms with Crippen LogP contribution in [0.15, 0.2) is 53.5 Å². The molecule has 0 unspecified atom stereocenters. The van der Waals surface area contributed by atoms with Crippen molar-refractivity contribution in [3.05, 3.63) is 64.1 Å². The van der Waals surface area contributed by atoms with Gasteiger partial charge in [-0.1, -0.05) is 66.2 Å². The summed E-state index contributed by atoms with van der Waals surface area (Å²) in [7, 11) is 0. The van der Waals surface area contributed by atoms with Crippen LogP contribution in [0.1, 0.15) is 12.5 Å². The number of anilines is 1. The number of amidine groups is 1. The number of rotatable bonds is 3. The van der Waals surface area contributed by atoms with Crippen LogP contribution in [0.25, 0.3) is 0 Å². The zero-order valence-electron chi connectivity index (χ0n) is 13.6. The molecule has 0 saturated heterocycles. The van der Waals surface area contributed by atoms with E-state index in [2.05, 4.69) is 17.2 Å². The minimum absolute atomic E-state index is 0.262. The number of halogens is 2. The molecule has 1 aliphatic heterocycles. The molecular weight excluding hydrogens is 377 g/mol. The molecule has 0 saturated carbocycles. The fourth-order valence-electron chi connectivity index (χ4n) is 2.39. The van der Waals surface area contributed by atoms with Gasteiger partial charge in [-0.15, -0.1) is 0 Å². The van der Waals surface area contributed by atoms with Crippen LogP contribution in [-0.4, -0.2) is 27.9 Å². The second-order valence-corrected chi connectivity index (χ2v) is 7.92. The fraction of sp³-hybridized carbons (Fsp3) is 0.222. The van der Waals surface area contributed by atoms with E-state index in [1.54, 1.807) is 40.9 Å². The zero-order chi connectivity index (χ0) is 17.8. The third kappa shape index (κ3) is 4.69. The van der Waals surface area contributed by atoms with Crippen molar-refractivity contribution in [3.8, 4) is 0 Å². The van der Waals surface area contributed by atoms with Gasteiger partial charge in [-0.2, -0.15) is 0 Å². The summed E-state index contributed by atoms with van der Waals surface area (Å²) in [5.74, 6) is 0. The molecule has 2 aromatic rings. The molecule has 1 heterocycles. The quantitative estimate of drug-likeness (QED) is 0.745. The Hall–Kier alpha value is -1.69. The molecule has 25 heavy (non-hydrogen) atoms. The highest BCUT2D eigenvalue weighted by Crippen LogP contribution is 2.27. The van der Waals surface area contributed by atoms with Crippen molar-refractivity contribution in [2.24, 2.45) is 4.99 Å². The van der Waals surface area contributed by atoms with Crippen LogP contribution in [0.5, 0.6) is 0 Å². The highest BCUT2D eigenvalue weighted by Gasteiger charge is 2.26. The number of benzene rings is 2. The number of carbonyl (C=O) groups is 1. The minimum atomic E-state index is -0.262. The maximum atomic E-state index is 12.9. The molecule has 4 nitrogen and oxygen atoms in total. The SMILES string of the molecule is C[C@H]1CN=C(N(Cc2ccccc2Cl)C(=O)Nc2cccc(Cl)c2)S1. The molecule has 7 heteroatoms. The number of nitrogens with zero attached hydrogens (tertiary/aromatic N) is 2. The second kappa shape index (κ2) is 8.13. The van der Waals surface area contributed by atoms with Crippen molar-refractivity contribution in [2.75, 3.05) is 11.9 Å². The van der Waals surface area contributed by atoms with Crippen LogP contribution < -0.4 is 5.32 Å². The zero-order valence-corrected chi connectivity index (χ0v) is 15.9. The Labute approximate surface area is 161 Å². The summed E-state index contributed by atoms with van der Waals surface area (Å²) in [4.78, 5) is 19.0. The van der Waals surface area contributed by atoms with Gasteiger partial charge < -0.3 is 5.32 Å². The van der Waals surface area contributed by atoms with Crippen molar-refractivity contribution in [3.63, 3.8) is 0 Å². The van der Waals surface area contributed by atoms with Crippen LogP contribution in [-0.2, 0) is 6.54 Å². The molecule has 130 valence electrons. The molecule has 2 amide bonds. The fourth-order valence-corrected chi connectivity index (χ4v) is 3.71. The summed E-state index contributed by atoms with van der Waals surface area (Å²) >= 11 is 13.8. The average Bonchev–Trinajstić information content (AvgIpc) is 3.00. The van der Waals surface area contributed by atoms with Gasteiger partial charge in [0.25, 0.3) is 0 Å². The highest BCUT2D eigenvalue weighted by molar-refractivity contribution is 8.14. The van der Waals surface area contributed by atoms with Gasteiger partial charge in [0.1, 0.15) is 0 Å². The Balaban J connectivity index is 1.83. The number of urea groups is 1. The molecule has 0 aliphatic carbocycles. The molecule has 3 rings (SSSR count). The summed E-state index contributed by atoms with van der Waals surface area (Å²) in [5, 5.41) is 5.12. The van der Waals surface area contributed by atoms with E-state index in [4.69, 9.17) is 23.2 Å². The maximum absolute atomic E-state index is 12.9. The molecule has 1 N–H and O–H groups in total. The average molecular weight is 394 g/mol. The third-order valence-corrected chi connectivity index (χ3v) is 5.34. The van der Waals surface area contributed by atoms with Gasteiger partial charge in [-0.05, 0) is 29.8 Å². The molecule has 0 fully saturated rings. The molecule has 1 aliphatic rings. The summed E-state index contributed by atoms with van der Waals surface area (Å²) < 4.78 is 0. The van der Waals surface area contributed by atoms with E-state index in [9.17, 15) is 4.79 Å². The van der Waals surface area contributed by atoms with E-state index in [1.165, 1.54) is 0 Å². The topological polar surface area (TPSA) is 44.7 Å². The van der Waals surface area contributed by atoms with Gasteiger partial charge in [-0.25, -0.2) is 4.79 Å². The van der Waals surface area contributed by atoms with E-state index >= 15 is 0 Å². The van der Waals surface area contributed by atoms with Crippen LogP contribution in [0, 0.1) is 0 Å². The summed E-state index contributed by atoms with van der Waals surface area (Å²) in [5.41, 5.74) is 1.51. The second-order valence-electron chi connectivity index (χ2n) is 5.67. The first-order valence-corrected chi connectivity index (χ1v) is 9.45. The number of thioether (sulfide) groups is 1. The lowest BCUT2D eigenvalue weighted by Crippen LogP contribution is -2.37. The number of aliphatic imine (C=N–C) groups is 1.